The maximum Gasteiger partial charge on any atom is 0.135 e. The molecule has 0 amide bonds. The molecular weight excluding hydrogens is 288 g/mol. The Kier molecular flexibility index (Phi) is 5.42. The van der Waals surface area contributed by atoms with Crippen LogP contribution in [0.2, 0.25) is 0 Å². The standard InChI is InChI=1S/C20H34O3/c1-13(2)7-6-9-20(5,23)16-8-10-19(4)12-18(22)15(14(3)21)11-17(16)19/h7,15-18,22-23H,6,8-12H2,1-5H3/t15-,16-,17+,18+,19-,20?/m0/s1. The molecule has 0 aliphatic heterocycles. The Balaban J connectivity index is 2.14. The lowest BCUT2D eigenvalue weighted by Gasteiger charge is -2.46. The van der Waals surface area contributed by atoms with Gasteiger partial charge in [0, 0.05) is 5.92 Å². The number of allylic oxidation sites excluding steroid dienone is 2. The molecule has 0 heterocycles. The molecule has 0 aromatic carbocycles. The van der Waals surface area contributed by atoms with Crippen molar-refractivity contribution in [3.05, 3.63) is 11.6 Å². The van der Waals surface area contributed by atoms with Gasteiger partial charge in [-0.25, -0.2) is 0 Å². The van der Waals surface area contributed by atoms with Gasteiger partial charge in [0.1, 0.15) is 5.78 Å². The number of aliphatic hydroxyl groups excluding tert-OH is 1. The summed E-state index contributed by atoms with van der Waals surface area (Å²) in [4.78, 5) is 11.9. The van der Waals surface area contributed by atoms with Crippen LogP contribution in [0.3, 0.4) is 0 Å². The number of rotatable bonds is 5. The van der Waals surface area contributed by atoms with Gasteiger partial charge in [0.2, 0.25) is 0 Å². The number of carbonyl (C=O) groups is 1. The summed E-state index contributed by atoms with van der Waals surface area (Å²) in [5, 5.41) is 21.4. The molecule has 132 valence electrons. The number of hydrogen-bond donors (Lipinski definition) is 2. The summed E-state index contributed by atoms with van der Waals surface area (Å²) < 4.78 is 0. The third-order valence-electron chi connectivity index (χ3n) is 6.58. The van der Waals surface area contributed by atoms with Gasteiger partial charge < -0.3 is 10.2 Å². The number of fused-ring (bicyclic) bond motifs is 1. The van der Waals surface area contributed by atoms with E-state index in [1.54, 1.807) is 6.92 Å². The molecular formula is C20H34O3. The average molecular weight is 322 g/mol. The maximum atomic E-state index is 11.9. The number of aliphatic hydroxyl groups is 2. The minimum Gasteiger partial charge on any atom is -0.392 e. The monoisotopic (exact) mass is 322 g/mol. The quantitative estimate of drug-likeness (QED) is 0.755. The molecule has 2 aliphatic carbocycles. The fourth-order valence-corrected chi connectivity index (χ4v) is 5.13. The van der Waals surface area contributed by atoms with Crippen LogP contribution in [-0.4, -0.2) is 27.7 Å². The van der Waals surface area contributed by atoms with Crippen molar-refractivity contribution in [2.45, 2.75) is 84.8 Å². The lowest BCUT2D eigenvalue weighted by atomic mass is 9.60. The molecule has 2 aliphatic rings. The van der Waals surface area contributed by atoms with Crippen LogP contribution >= 0.6 is 0 Å². The molecule has 2 fully saturated rings. The zero-order chi connectivity index (χ0) is 17.4. The highest BCUT2D eigenvalue weighted by molar-refractivity contribution is 5.79. The van der Waals surface area contributed by atoms with Gasteiger partial charge in [0.05, 0.1) is 11.7 Å². The van der Waals surface area contributed by atoms with Crippen LogP contribution < -0.4 is 0 Å². The number of hydrogen-bond acceptors (Lipinski definition) is 3. The summed E-state index contributed by atoms with van der Waals surface area (Å²) in [6.45, 7) is 9.97. The lowest BCUT2D eigenvalue weighted by molar-refractivity contribution is -0.133. The first-order chi connectivity index (χ1) is 10.6. The van der Waals surface area contributed by atoms with Crippen LogP contribution in [0.5, 0.6) is 0 Å². The molecule has 23 heavy (non-hydrogen) atoms. The van der Waals surface area contributed by atoms with Crippen LogP contribution in [0.4, 0.5) is 0 Å². The molecule has 2 N–H and O–H groups in total. The predicted molar refractivity (Wildman–Crippen MR) is 93.0 cm³/mol. The highest BCUT2D eigenvalue weighted by atomic mass is 16.3. The smallest absolute Gasteiger partial charge is 0.135 e. The normalized spacial score (nSPS) is 39.4. The molecule has 0 radical (unpaired) electrons. The van der Waals surface area contributed by atoms with Crippen molar-refractivity contribution in [1.29, 1.82) is 0 Å². The minimum atomic E-state index is -0.696. The number of carbonyl (C=O) groups excluding carboxylic acids is 1. The van der Waals surface area contributed by atoms with Gasteiger partial charge in [0.25, 0.3) is 0 Å². The van der Waals surface area contributed by atoms with Crippen molar-refractivity contribution in [1.82, 2.24) is 0 Å². The van der Waals surface area contributed by atoms with Gasteiger partial charge in [-0.1, -0.05) is 18.6 Å². The molecule has 0 aromatic heterocycles. The summed E-state index contributed by atoms with van der Waals surface area (Å²) in [7, 11) is 0. The highest BCUT2D eigenvalue weighted by Crippen LogP contribution is 2.59. The fraction of sp³-hybridized carbons (Fsp3) is 0.850. The minimum absolute atomic E-state index is 0.0660. The van der Waals surface area contributed by atoms with Gasteiger partial charge in [-0.3, -0.25) is 4.79 Å². The summed E-state index contributed by atoms with van der Waals surface area (Å²) >= 11 is 0. The molecule has 2 saturated carbocycles. The summed E-state index contributed by atoms with van der Waals surface area (Å²) in [6.07, 6.45) is 6.81. The molecule has 0 saturated heterocycles. The first-order valence-electron chi connectivity index (χ1n) is 9.11. The van der Waals surface area contributed by atoms with Crippen molar-refractivity contribution in [3.8, 4) is 0 Å². The maximum absolute atomic E-state index is 11.9. The Labute approximate surface area is 141 Å². The third-order valence-corrected chi connectivity index (χ3v) is 6.58. The Morgan fingerprint density at radius 3 is 2.57 bits per heavy atom. The van der Waals surface area contributed by atoms with Gasteiger partial charge in [0.15, 0.2) is 0 Å². The Hall–Kier alpha value is -0.670. The highest BCUT2D eigenvalue weighted by Gasteiger charge is 2.55. The van der Waals surface area contributed by atoms with Gasteiger partial charge in [-0.2, -0.15) is 0 Å². The summed E-state index contributed by atoms with van der Waals surface area (Å²) in [6, 6.07) is 0. The van der Waals surface area contributed by atoms with E-state index in [-0.39, 0.29) is 23.0 Å². The van der Waals surface area contributed by atoms with E-state index in [9.17, 15) is 15.0 Å². The zero-order valence-corrected chi connectivity index (χ0v) is 15.4. The van der Waals surface area contributed by atoms with E-state index in [1.807, 2.05) is 6.92 Å². The predicted octanol–water partition coefficient (Wildman–Crippen LogP) is 3.88. The first kappa shape index (κ1) is 18.7. The van der Waals surface area contributed by atoms with E-state index >= 15 is 0 Å². The summed E-state index contributed by atoms with van der Waals surface area (Å²) in [5.41, 5.74) is 0.656. The third kappa shape index (κ3) is 3.88. The van der Waals surface area contributed by atoms with Crippen LogP contribution in [0, 0.1) is 23.2 Å². The fourth-order valence-electron chi connectivity index (χ4n) is 5.13. The van der Waals surface area contributed by atoms with Crippen molar-refractivity contribution in [2.75, 3.05) is 0 Å². The molecule has 3 nitrogen and oxygen atoms in total. The van der Waals surface area contributed by atoms with Crippen LogP contribution in [0.15, 0.2) is 11.6 Å². The van der Waals surface area contributed by atoms with E-state index in [1.165, 1.54) is 5.57 Å². The topological polar surface area (TPSA) is 57.5 Å². The second-order valence-electron chi connectivity index (χ2n) is 8.81. The Morgan fingerprint density at radius 1 is 1.35 bits per heavy atom. The van der Waals surface area contributed by atoms with Crippen LogP contribution in [0.25, 0.3) is 0 Å². The molecule has 3 heteroatoms. The van der Waals surface area contributed by atoms with Crippen molar-refractivity contribution in [3.63, 3.8) is 0 Å². The van der Waals surface area contributed by atoms with Gasteiger partial charge >= 0.3 is 0 Å². The molecule has 2 rings (SSSR count). The number of ketones is 1. The van der Waals surface area contributed by atoms with Crippen molar-refractivity contribution < 1.29 is 15.0 Å². The molecule has 6 atom stereocenters. The van der Waals surface area contributed by atoms with Crippen molar-refractivity contribution >= 4 is 5.78 Å². The van der Waals surface area contributed by atoms with Crippen LogP contribution in [0.1, 0.15) is 73.1 Å². The second-order valence-corrected chi connectivity index (χ2v) is 8.81. The van der Waals surface area contributed by atoms with E-state index in [0.29, 0.717) is 12.3 Å². The van der Waals surface area contributed by atoms with Crippen molar-refractivity contribution in [2.24, 2.45) is 23.2 Å². The SMILES string of the molecule is CC(=O)[C@@H]1C[C@@H]2[C@@H](C(C)(O)CCC=C(C)C)CC[C@@]2(C)C[C@H]1O. The Morgan fingerprint density at radius 2 is 2.00 bits per heavy atom. The Bertz CT molecular complexity index is 475. The number of Topliss-reactive ketones (excluding diaryl/α,β-unsaturated/α-hetero) is 1. The van der Waals surface area contributed by atoms with E-state index in [0.717, 1.165) is 32.1 Å². The van der Waals surface area contributed by atoms with Gasteiger partial charge in [-0.15, -0.1) is 0 Å². The van der Waals surface area contributed by atoms with Crippen LogP contribution in [-0.2, 0) is 4.79 Å². The first-order valence-corrected chi connectivity index (χ1v) is 9.11. The second kappa shape index (κ2) is 6.68. The largest absolute Gasteiger partial charge is 0.392 e. The molecule has 0 aromatic rings. The summed E-state index contributed by atoms with van der Waals surface area (Å²) in [5.74, 6) is 0.408. The lowest BCUT2D eigenvalue weighted by Crippen LogP contribution is -2.47. The molecule has 0 spiro atoms. The van der Waals surface area contributed by atoms with E-state index in [2.05, 4.69) is 26.8 Å². The average Bonchev–Trinajstić information content (AvgIpc) is 2.73. The van der Waals surface area contributed by atoms with E-state index in [4.69, 9.17) is 0 Å². The van der Waals surface area contributed by atoms with Gasteiger partial charge in [-0.05, 0) is 83.5 Å². The molecule has 0 bridgehead atoms. The molecule has 1 unspecified atom stereocenters. The van der Waals surface area contributed by atoms with E-state index < -0.39 is 11.7 Å². The zero-order valence-electron chi connectivity index (χ0n) is 15.4.